The standard InChI is InChI=1S/C15H21NO8S2/c1-25(18,19)23-13-8-9-16(10-14(13)24-26(2,20)21)15(17)22-11-12-6-4-3-5-7-12/h3-7,13-14H,8-11H2,1-2H3. The Morgan fingerprint density at radius 3 is 2.19 bits per heavy atom. The molecule has 0 radical (unpaired) electrons. The Balaban J connectivity index is 2.01. The molecule has 11 heteroatoms. The van der Waals surface area contributed by atoms with E-state index in [4.69, 9.17) is 13.1 Å². The molecule has 0 saturated carbocycles. The van der Waals surface area contributed by atoms with Crippen molar-refractivity contribution in [3.8, 4) is 0 Å². The van der Waals surface area contributed by atoms with Crippen molar-refractivity contribution in [1.82, 2.24) is 4.90 Å². The maximum absolute atomic E-state index is 12.2. The van der Waals surface area contributed by atoms with Gasteiger partial charge >= 0.3 is 6.09 Å². The molecule has 1 aromatic carbocycles. The van der Waals surface area contributed by atoms with Crippen LogP contribution in [0.4, 0.5) is 4.79 Å². The van der Waals surface area contributed by atoms with Crippen molar-refractivity contribution in [1.29, 1.82) is 0 Å². The third kappa shape index (κ3) is 6.90. The van der Waals surface area contributed by atoms with Crippen LogP contribution >= 0.6 is 0 Å². The van der Waals surface area contributed by atoms with E-state index in [9.17, 15) is 21.6 Å². The molecule has 1 aliphatic heterocycles. The molecule has 1 fully saturated rings. The molecule has 0 N–H and O–H groups in total. The van der Waals surface area contributed by atoms with Gasteiger partial charge < -0.3 is 9.64 Å². The average molecular weight is 407 g/mol. The molecule has 2 unspecified atom stereocenters. The molecule has 1 aromatic rings. The Hall–Kier alpha value is -1.69. The lowest BCUT2D eigenvalue weighted by molar-refractivity contribution is -0.00633. The normalized spacial score (nSPS) is 21.4. The minimum Gasteiger partial charge on any atom is -0.445 e. The van der Waals surface area contributed by atoms with Crippen molar-refractivity contribution >= 4 is 26.3 Å². The first-order valence-corrected chi connectivity index (χ1v) is 11.4. The summed E-state index contributed by atoms with van der Waals surface area (Å²) in [7, 11) is -7.68. The van der Waals surface area contributed by atoms with E-state index in [2.05, 4.69) is 0 Å². The van der Waals surface area contributed by atoms with Gasteiger partial charge in [0.25, 0.3) is 20.2 Å². The number of hydrogen-bond donors (Lipinski definition) is 0. The molecule has 0 aromatic heterocycles. The third-order valence-electron chi connectivity index (χ3n) is 3.56. The lowest BCUT2D eigenvalue weighted by atomic mass is 10.1. The molecule has 0 spiro atoms. The first-order chi connectivity index (χ1) is 12.0. The summed E-state index contributed by atoms with van der Waals surface area (Å²) < 4.78 is 60.6. The molecule has 0 aliphatic carbocycles. The zero-order valence-electron chi connectivity index (χ0n) is 14.4. The van der Waals surface area contributed by atoms with Crippen LogP contribution in [0.25, 0.3) is 0 Å². The van der Waals surface area contributed by atoms with E-state index in [-0.39, 0.29) is 26.1 Å². The summed E-state index contributed by atoms with van der Waals surface area (Å²) >= 11 is 0. The number of piperidine rings is 1. The lowest BCUT2D eigenvalue weighted by Crippen LogP contribution is -2.52. The molecular formula is C15H21NO8S2. The molecule has 146 valence electrons. The van der Waals surface area contributed by atoms with Crippen molar-refractivity contribution in [2.75, 3.05) is 25.6 Å². The molecule has 1 amide bonds. The second-order valence-electron chi connectivity index (χ2n) is 5.95. The van der Waals surface area contributed by atoms with Gasteiger partial charge in [0.1, 0.15) is 18.8 Å². The highest BCUT2D eigenvalue weighted by atomic mass is 32.2. The first kappa shape index (κ1) is 20.6. The van der Waals surface area contributed by atoms with Crippen LogP contribution in [0.1, 0.15) is 12.0 Å². The summed E-state index contributed by atoms with van der Waals surface area (Å²) in [5.41, 5.74) is 0.806. The van der Waals surface area contributed by atoms with Gasteiger partial charge in [-0.1, -0.05) is 30.3 Å². The minimum absolute atomic E-state index is 0.0665. The van der Waals surface area contributed by atoms with E-state index in [0.29, 0.717) is 0 Å². The minimum atomic E-state index is -3.87. The summed E-state index contributed by atoms with van der Waals surface area (Å²) in [5, 5.41) is 0. The zero-order valence-corrected chi connectivity index (χ0v) is 16.0. The monoisotopic (exact) mass is 407 g/mol. The van der Waals surface area contributed by atoms with Gasteiger partial charge in [-0.05, 0) is 12.0 Å². The quantitative estimate of drug-likeness (QED) is 0.633. The van der Waals surface area contributed by atoms with Crippen LogP contribution in [0.2, 0.25) is 0 Å². The summed E-state index contributed by atoms with van der Waals surface area (Å²) in [6, 6.07) is 9.06. The molecule has 26 heavy (non-hydrogen) atoms. The Bertz CT molecular complexity index is 822. The summed E-state index contributed by atoms with van der Waals surface area (Å²) in [4.78, 5) is 13.5. The van der Waals surface area contributed by atoms with Gasteiger partial charge in [0.05, 0.1) is 19.1 Å². The van der Waals surface area contributed by atoms with Crippen LogP contribution < -0.4 is 0 Å². The molecule has 2 rings (SSSR count). The second kappa shape index (κ2) is 8.33. The number of carbonyl (C=O) groups is 1. The van der Waals surface area contributed by atoms with Crippen LogP contribution in [0.5, 0.6) is 0 Å². The van der Waals surface area contributed by atoms with Gasteiger partial charge in [0, 0.05) is 6.54 Å². The third-order valence-corrected chi connectivity index (χ3v) is 4.75. The second-order valence-corrected chi connectivity index (χ2v) is 9.15. The number of amides is 1. The van der Waals surface area contributed by atoms with Crippen LogP contribution in [-0.4, -0.2) is 65.6 Å². The number of benzene rings is 1. The Morgan fingerprint density at radius 2 is 1.62 bits per heavy atom. The molecule has 1 heterocycles. The molecule has 9 nitrogen and oxygen atoms in total. The maximum atomic E-state index is 12.2. The molecule has 2 atom stereocenters. The number of likely N-dealkylation sites (tertiary alicyclic amines) is 1. The van der Waals surface area contributed by atoms with E-state index in [0.717, 1.165) is 18.1 Å². The SMILES string of the molecule is CS(=O)(=O)OC1CCN(C(=O)OCc2ccccc2)CC1OS(C)(=O)=O. The van der Waals surface area contributed by atoms with Crippen LogP contribution in [-0.2, 0) is 39.9 Å². The van der Waals surface area contributed by atoms with E-state index in [1.807, 2.05) is 18.2 Å². The van der Waals surface area contributed by atoms with Crippen molar-refractivity contribution in [2.24, 2.45) is 0 Å². The smallest absolute Gasteiger partial charge is 0.410 e. The van der Waals surface area contributed by atoms with Gasteiger partial charge in [0.15, 0.2) is 0 Å². The van der Waals surface area contributed by atoms with Crippen LogP contribution in [0.3, 0.4) is 0 Å². The fraction of sp³-hybridized carbons (Fsp3) is 0.533. The predicted molar refractivity (Wildman–Crippen MR) is 92.3 cm³/mol. The van der Waals surface area contributed by atoms with E-state index in [1.165, 1.54) is 4.90 Å². The first-order valence-electron chi connectivity index (χ1n) is 7.75. The highest BCUT2D eigenvalue weighted by Gasteiger charge is 2.37. The highest BCUT2D eigenvalue weighted by molar-refractivity contribution is 7.86. The van der Waals surface area contributed by atoms with Crippen molar-refractivity contribution in [3.05, 3.63) is 35.9 Å². The van der Waals surface area contributed by atoms with Crippen LogP contribution in [0, 0.1) is 0 Å². The Morgan fingerprint density at radius 1 is 1.04 bits per heavy atom. The number of hydrogen-bond acceptors (Lipinski definition) is 8. The number of ether oxygens (including phenoxy) is 1. The van der Waals surface area contributed by atoms with Crippen molar-refractivity contribution < 1.29 is 34.7 Å². The van der Waals surface area contributed by atoms with E-state index < -0.39 is 38.5 Å². The van der Waals surface area contributed by atoms with Gasteiger partial charge in [-0.15, -0.1) is 0 Å². The van der Waals surface area contributed by atoms with Gasteiger partial charge in [-0.3, -0.25) is 8.37 Å². The molecule has 1 saturated heterocycles. The summed E-state index contributed by atoms with van der Waals surface area (Å²) in [5.74, 6) is 0. The van der Waals surface area contributed by atoms with Gasteiger partial charge in [0.2, 0.25) is 0 Å². The summed E-state index contributed by atoms with van der Waals surface area (Å²) in [6.45, 7) is 0.0509. The van der Waals surface area contributed by atoms with Crippen molar-refractivity contribution in [3.63, 3.8) is 0 Å². The average Bonchev–Trinajstić information content (AvgIpc) is 2.52. The number of carbonyl (C=O) groups excluding carboxylic acids is 1. The van der Waals surface area contributed by atoms with Gasteiger partial charge in [-0.2, -0.15) is 16.8 Å². The van der Waals surface area contributed by atoms with Crippen molar-refractivity contribution in [2.45, 2.75) is 25.2 Å². The van der Waals surface area contributed by atoms with E-state index >= 15 is 0 Å². The number of rotatable bonds is 6. The number of nitrogens with zero attached hydrogens (tertiary/aromatic N) is 1. The molecular weight excluding hydrogens is 386 g/mol. The van der Waals surface area contributed by atoms with Crippen LogP contribution in [0.15, 0.2) is 30.3 Å². The fourth-order valence-corrected chi connectivity index (χ4v) is 3.83. The zero-order chi connectivity index (χ0) is 19.4. The summed E-state index contributed by atoms with van der Waals surface area (Å²) in [6.07, 6.45) is -0.986. The molecule has 1 aliphatic rings. The lowest BCUT2D eigenvalue weighted by Gasteiger charge is -2.36. The van der Waals surface area contributed by atoms with E-state index in [1.54, 1.807) is 12.1 Å². The predicted octanol–water partition coefficient (Wildman–Crippen LogP) is 0.718. The Kier molecular flexibility index (Phi) is 6.61. The highest BCUT2D eigenvalue weighted by Crippen LogP contribution is 2.21. The topological polar surface area (TPSA) is 116 Å². The Labute approximate surface area is 153 Å². The largest absolute Gasteiger partial charge is 0.445 e. The molecule has 0 bridgehead atoms. The maximum Gasteiger partial charge on any atom is 0.410 e. The van der Waals surface area contributed by atoms with Gasteiger partial charge in [-0.25, -0.2) is 4.79 Å². The fourth-order valence-electron chi connectivity index (χ4n) is 2.52.